The van der Waals surface area contributed by atoms with E-state index in [1.165, 1.54) is 11.3 Å². The molecular weight excluding hydrogens is 342 g/mol. The molecule has 1 fully saturated rings. The predicted octanol–water partition coefficient (Wildman–Crippen LogP) is 4.31. The molecule has 0 spiro atoms. The third-order valence-corrected chi connectivity index (χ3v) is 5.91. The van der Waals surface area contributed by atoms with Gasteiger partial charge in [0.1, 0.15) is 0 Å². The van der Waals surface area contributed by atoms with E-state index < -0.39 is 0 Å². The minimum absolute atomic E-state index is 0.00607. The third-order valence-electron chi connectivity index (χ3n) is 4.95. The van der Waals surface area contributed by atoms with Gasteiger partial charge in [0.05, 0.1) is 15.2 Å². The van der Waals surface area contributed by atoms with Gasteiger partial charge in [0.15, 0.2) is 0 Å². The van der Waals surface area contributed by atoms with Crippen LogP contribution in [0.15, 0.2) is 42.5 Å². The predicted molar refractivity (Wildman–Crippen MR) is 108 cm³/mol. The molecular formula is C21H23N3OS. The summed E-state index contributed by atoms with van der Waals surface area (Å²) in [6.07, 6.45) is 1.94. The molecule has 1 aliphatic rings. The summed E-state index contributed by atoms with van der Waals surface area (Å²) in [5.41, 5.74) is 4.17. The first-order valence-electron chi connectivity index (χ1n) is 9.08. The average molecular weight is 366 g/mol. The van der Waals surface area contributed by atoms with Gasteiger partial charge in [-0.3, -0.25) is 4.79 Å². The number of thiazole rings is 1. The number of piperidine rings is 1. The van der Waals surface area contributed by atoms with Gasteiger partial charge in [-0.1, -0.05) is 12.1 Å². The highest BCUT2D eigenvalue weighted by atomic mass is 32.1. The second-order valence-electron chi connectivity index (χ2n) is 6.99. The van der Waals surface area contributed by atoms with E-state index in [2.05, 4.69) is 46.4 Å². The van der Waals surface area contributed by atoms with E-state index >= 15 is 0 Å². The van der Waals surface area contributed by atoms with Crippen molar-refractivity contribution in [2.24, 2.45) is 0 Å². The molecule has 4 rings (SSSR count). The number of fused-ring (bicyclic) bond motifs is 1. The molecule has 1 aliphatic heterocycles. The standard InChI is InChI=1S/C21H23N3OS/c1-14-4-3-5-18(12-14)24-10-8-17(9-11-24)23-21(25)16-6-7-20-19(13-16)22-15(2)26-20/h3-7,12-13,17H,8-11H2,1-2H3,(H,23,25). The van der Waals surface area contributed by atoms with Crippen LogP contribution in [0.5, 0.6) is 0 Å². The summed E-state index contributed by atoms with van der Waals surface area (Å²) in [7, 11) is 0. The number of aryl methyl sites for hydroxylation is 2. The number of carbonyl (C=O) groups excluding carboxylic acids is 1. The lowest BCUT2D eigenvalue weighted by Crippen LogP contribution is -2.44. The first kappa shape index (κ1) is 17.0. The van der Waals surface area contributed by atoms with Crippen LogP contribution >= 0.6 is 11.3 Å². The molecule has 5 heteroatoms. The molecule has 3 aromatic rings. The average Bonchev–Trinajstić information content (AvgIpc) is 3.01. The molecule has 1 saturated heterocycles. The fourth-order valence-electron chi connectivity index (χ4n) is 3.56. The number of nitrogens with one attached hydrogen (secondary N) is 1. The maximum absolute atomic E-state index is 12.6. The van der Waals surface area contributed by atoms with Crippen LogP contribution in [0.2, 0.25) is 0 Å². The fourth-order valence-corrected chi connectivity index (χ4v) is 4.37. The maximum Gasteiger partial charge on any atom is 0.251 e. The summed E-state index contributed by atoms with van der Waals surface area (Å²) < 4.78 is 1.13. The van der Waals surface area contributed by atoms with Gasteiger partial charge < -0.3 is 10.2 Å². The summed E-state index contributed by atoms with van der Waals surface area (Å²) in [6, 6.07) is 14.6. The van der Waals surface area contributed by atoms with E-state index in [1.54, 1.807) is 11.3 Å². The lowest BCUT2D eigenvalue weighted by molar-refractivity contribution is 0.0931. The zero-order chi connectivity index (χ0) is 18.1. The van der Waals surface area contributed by atoms with Crippen LogP contribution in [-0.4, -0.2) is 30.0 Å². The lowest BCUT2D eigenvalue weighted by atomic mass is 10.0. The van der Waals surface area contributed by atoms with Crippen molar-refractivity contribution >= 4 is 33.1 Å². The molecule has 1 aromatic heterocycles. The number of rotatable bonds is 3. The number of amides is 1. The summed E-state index contributed by atoms with van der Waals surface area (Å²) in [5, 5.41) is 4.23. The van der Waals surface area contributed by atoms with Gasteiger partial charge in [0.25, 0.3) is 5.91 Å². The van der Waals surface area contributed by atoms with Crippen molar-refractivity contribution < 1.29 is 4.79 Å². The molecule has 1 N–H and O–H groups in total. The van der Waals surface area contributed by atoms with E-state index in [0.717, 1.165) is 41.2 Å². The summed E-state index contributed by atoms with van der Waals surface area (Å²) in [4.78, 5) is 19.5. The van der Waals surface area contributed by atoms with Crippen LogP contribution in [-0.2, 0) is 0 Å². The van der Waals surface area contributed by atoms with E-state index in [4.69, 9.17) is 0 Å². The van der Waals surface area contributed by atoms with Gasteiger partial charge in [-0.2, -0.15) is 0 Å². The van der Waals surface area contributed by atoms with E-state index in [0.29, 0.717) is 5.56 Å². The minimum Gasteiger partial charge on any atom is -0.371 e. The number of anilines is 1. The van der Waals surface area contributed by atoms with Gasteiger partial charge in [-0.05, 0) is 62.6 Å². The number of hydrogen-bond acceptors (Lipinski definition) is 4. The zero-order valence-corrected chi connectivity index (χ0v) is 16.0. The van der Waals surface area contributed by atoms with Gasteiger partial charge in [-0.25, -0.2) is 4.98 Å². The molecule has 0 radical (unpaired) electrons. The quantitative estimate of drug-likeness (QED) is 0.752. The molecule has 0 aliphatic carbocycles. The Hall–Kier alpha value is -2.40. The van der Waals surface area contributed by atoms with Crippen molar-refractivity contribution in [2.75, 3.05) is 18.0 Å². The van der Waals surface area contributed by atoms with E-state index in [-0.39, 0.29) is 11.9 Å². The van der Waals surface area contributed by atoms with Crippen LogP contribution in [0.3, 0.4) is 0 Å². The second kappa shape index (κ2) is 7.08. The van der Waals surface area contributed by atoms with Crippen LogP contribution < -0.4 is 10.2 Å². The van der Waals surface area contributed by atoms with Crippen LogP contribution in [0.25, 0.3) is 10.2 Å². The molecule has 0 atom stereocenters. The number of benzene rings is 2. The largest absolute Gasteiger partial charge is 0.371 e. The van der Waals surface area contributed by atoms with Gasteiger partial charge in [0, 0.05) is 30.4 Å². The minimum atomic E-state index is 0.00607. The van der Waals surface area contributed by atoms with Crippen molar-refractivity contribution in [3.8, 4) is 0 Å². The lowest BCUT2D eigenvalue weighted by Gasteiger charge is -2.34. The Morgan fingerprint density at radius 2 is 1.96 bits per heavy atom. The molecule has 0 bridgehead atoms. The number of aromatic nitrogens is 1. The smallest absolute Gasteiger partial charge is 0.251 e. The fraction of sp³-hybridized carbons (Fsp3) is 0.333. The second-order valence-corrected chi connectivity index (χ2v) is 8.22. The molecule has 134 valence electrons. The molecule has 0 saturated carbocycles. The first-order chi connectivity index (χ1) is 12.6. The van der Waals surface area contributed by atoms with Gasteiger partial charge >= 0.3 is 0 Å². The van der Waals surface area contributed by atoms with E-state index in [9.17, 15) is 4.79 Å². The van der Waals surface area contributed by atoms with Crippen molar-refractivity contribution in [1.82, 2.24) is 10.3 Å². The zero-order valence-electron chi connectivity index (χ0n) is 15.2. The highest BCUT2D eigenvalue weighted by Gasteiger charge is 2.21. The number of nitrogens with zero attached hydrogens (tertiary/aromatic N) is 2. The Morgan fingerprint density at radius 1 is 1.15 bits per heavy atom. The summed E-state index contributed by atoms with van der Waals surface area (Å²) in [5.74, 6) is 0.00607. The Labute approximate surface area is 157 Å². The number of carbonyl (C=O) groups is 1. The topological polar surface area (TPSA) is 45.2 Å². The van der Waals surface area contributed by atoms with Crippen LogP contribution in [0.4, 0.5) is 5.69 Å². The molecule has 4 nitrogen and oxygen atoms in total. The summed E-state index contributed by atoms with van der Waals surface area (Å²) >= 11 is 1.66. The Balaban J connectivity index is 1.38. The van der Waals surface area contributed by atoms with Crippen molar-refractivity contribution in [3.63, 3.8) is 0 Å². The normalized spacial score (nSPS) is 15.4. The molecule has 26 heavy (non-hydrogen) atoms. The Morgan fingerprint density at radius 3 is 2.73 bits per heavy atom. The first-order valence-corrected chi connectivity index (χ1v) is 9.90. The Kier molecular flexibility index (Phi) is 4.64. The highest BCUT2D eigenvalue weighted by Crippen LogP contribution is 2.23. The molecule has 1 amide bonds. The van der Waals surface area contributed by atoms with Crippen molar-refractivity contribution in [2.45, 2.75) is 32.7 Å². The molecule has 2 aromatic carbocycles. The monoisotopic (exact) mass is 365 g/mol. The maximum atomic E-state index is 12.6. The van der Waals surface area contributed by atoms with Crippen molar-refractivity contribution in [3.05, 3.63) is 58.6 Å². The molecule has 2 heterocycles. The van der Waals surface area contributed by atoms with Gasteiger partial charge in [-0.15, -0.1) is 11.3 Å². The summed E-state index contributed by atoms with van der Waals surface area (Å²) in [6.45, 7) is 6.06. The highest BCUT2D eigenvalue weighted by molar-refractivity contribution is 7.18. The van der Waals surface area contributed by atoms with Crippen LogP contribution in [0.1, 0.15) is 33.8 Å². The third kappa shape index (κ3) is 3.58. The molecule has 0 unspecified atom stereocenters. The van der Waals surface area contributed by atoms with Crippen LogP contribution in [0, 0.1) is 13.8 Å². The van der Waals surface area contributed by atoms with Gasteiger partial charge in [0.2, 0.25) is 0 Å². The van der Waals surface area contributed by atoms with E-state index in [1.807, 2.05) is 25.1 Å². The SMILES string of the molecule is Cc1cccc(N2CCC(NC(=O)c3ccc4sc(C)nc4c3)CC2)c1. The van der Waals surface area contributed by atoms with Crippen molar-refractivity contribution in [1.29, 1.82) is 0 Å². The number of hydrogen-bond donors (Lipinski definition) is 1. The Bertz CT molecular complexity index is 941.